The highest BCUT2D eigenvalue weighted by molar-refractivity contribution is 5.82. The number of aromatic nitrogens is 4. The number of carbonyl (C=O) groups is 1. The Morgan fingerprint density at radius 2 is 1.83 bits per heavy atom. The summed E-state index contributed by atoms with van der Waals surface area (Å²) >= 11 is 0. The number of nitrogens with one attached hydrogen (secondary N) is 1. The summed E-state index contributed by atoms with van der Waals surface area (Å²) in [4.78, 5) is 24.5. The number of amides is 1. The van der Waals surface area contributed by atoms with E-state index in [2.05, 4.69) is 20.3 Å². The predicted octanol–water partition coefficient (Wildman–Crippen LogP) is -0.557. The van der Waals surface area contributed by atoms with Crippen LogP contribution in [0.25, 0.3) is 11.2 Å². The molecule has 29 heavy (non-hydrogen) atoms. The molecule has 1 unspecified atom stereocenters. The molecule has 1 aliphatic heterocycles. The molecule has 3 rings (SSSR count). The minimum atomic E-state index is -1.37. The van der Waals surface area contributed by atoms with Crippen LogP contribution in [0.1, 0.15) is 44.8 Å². The van der Waals surface area contributed by atoms with E-state index >= 15 is 0 Å². The normalized spacial score (nSPS) is 24.2. The number of aliphatic hydroxyl groups is 2. The van der Waals surface area contributed by atoms with Crippen LogP contribution in [0.4, 0.5) is 5.82 Å². The summed E-state index contributed by atoms with van der Waals surface area (Å²) in [7, 11) is 0. The highest BCUT2D eigenvalue weighted by atomic mass is 16.6. The van der Waals surface area contributed by atoms with Crippen LogP contribution in [-0.2, 0) is 9.53 Å². The number of fused-ring (bicyclic) bond motifs is 1. The zero-order valence-electron chi connectivity index (χ0n) is 16.3. The van der Waals surface area contributed by atoms with Crippen molar-refractivity contribution in [2.24, 2.45) is 5.73 Å². The number of unbranched alkanes of at least 4 members (excludes halogenated alkanes) is 5. The van der Waals surface area contributed by atoms with E-state index < -0.39 is 30.4 Å². The molecule has 11 heteroatoms. The van der Waals surface area contributed by atoms with E-state index in [0.29, 0.717) is 17.7 Å². The third-order valence-corrected chi connectivity index (χ3v) is 5.09. The Morgan fingerprint density at radius 1 is 1.10 bits per heavy atom. The van der Waals surface area contributed by atoms with Crippen LogP contribution in [0.2, 0.25) is 0 Å². The third kappa shape index (κ3) is 4.81. The monoisotopic (exact) mass is 407 g/mol. The molecule has 0 aliphatic carbocycles. The number of nitrogens with zero attached hydrogens (tertiary/aromatic N) is 4. The fraction of sp³-hybridized carbons (Fsp3) is 0.667. The largest absolute Gasteiger partial charge is 0.387 e. The van der Waals surface area contributed by atoms with Gasteiger partial charge in [-0.2, -0.15) is 0 Å². The molecule has 4 atom stereocenters. The fourth-order valence-corrected chi connectivity index (χ4v) is 3.45. The highest BCUT2D eigenvalue weighted by Gasteiger charge is 2.47. The van der Waals surface area contributed by atoms with Crippen molar-refractivity contribution in [3.05, 3.63) is 12.7 Å². The number of nitrogen functional groups attached to an aromatic ring is 1. The number of carbonyl (C=O) groups excluding carboxylic acids is 1. The van der Waals surface area contributed by atoms with Gasteiger partial charge in [0.25, 0.3) is 5.91 Å². The van der Waals surface area contributed by atoms with Gasteiger partial charge in [0.1, 0.15) is 24.1 Å². The summed E-state index contributed by atoms with van der Waals surface area (Å²) in [6.45, 7) is 1.21. The summed E-state index contributed by atoms with van der Waals surface area (Å²) in [6.07, 6.45) is 4.03. The van der Waals surface area contributed by atoms with E-state index in [-0.39, 0.29) is 5.82 Å². The molecule has 0 aromatic carbocycles. The molecule has 2 aromatic rings. The molecule has 160 valence electrons. The quantitative estimate of drug-likeness (QED) is 0.323. The Labute approximate surface area is 168 Å². The molecule has 0 saturated carbocycles. The maximum absolute atomic E-state index is 12.4. The summed E-state index contributed by atoms with van der Waals surface area (Å²) in [5.41, 5.74) is 11.9. The van der Waals surface area contributed by atoms with Crippen molar-refractivity contribution in [1.29, 1.82) is 0 Å². The zero-order chi connectivity index (χ0) is 20.8. The Hall–Kier alpha value is -2.34. The van der Waals surface area contributed by atoms with E-state index in [1.165, 1.54) is 17.2 Å². The maximum Gasteiger partial charge on any atom is 0.252 e. The second kappa shape index (κ2) is 9.92. The molecule has 3 heterocycles. The Morgan fingerprint density at radius 3 is 2.59 bits per heavy atom. The van der Waals surface area contributed by atoms with Gasteiger partial charge < -0.3 is 31.7 Å². The number of hydrogen-bond acceptors (Lipinski definition) is 9. The number of nitrogens with two attached hydrogens (primary N) is 2. The standard InChI is InChI=1S/C18H29N7O4/c19-7-5-3-1-2-4-6-8-21-17(28)14-12(26)13(27)18(29-14)25-10-24-11-15(20)22-9-23-16(11)25/h9-10,12-14,18,26-27H,1-8,19H2,(H,21,28)(H2,20,22,23)/t12-,13+,14-,18?/m0/s1. The summed E-state index contributed by atoms with van der Waals surface area (Å²) in [5.74, 6) is -0.264. The van der Waals surface area contributed by atoms with Crippen LogP contribution in [0.5, 0.6) is 0 Å². The van der Waals surface area contributed by atoms with Crippen molar-refractivity contribution < 1.29 is 19.7 Å². The van der Waals surface area contributed by atoms with Crippen LogP contribution < -0.4 is 16.8 Å². The fourth-order valence-electron chi connectivity index (χ4n) is 3.45. The van der Waals surface area contributed by atoms with Crippen LogP contribution >= 0.6 is 0 Å². The maximum atomic E-state index is 12.4. The number of anilines is 1. The average Bonchev–Trinajstić information content (AvgIpc) is 3.26. The van der Waals surface area contributed by atoms with E-state index in [0.717, 1.165) is 45.1 Å². The number of ether oxygens (including phenoxy) is 1. The molecule has 1 fully saturated rings. The van der Waals surface area contributed by atoms with Gasteiger partial charge in [0.2, 0.25) is 0 Å². The molecule has 7 N–H and O–H groups in total. The van der Waals surface area contributed by atoms with E-state index in [4.69, 9.17) is 16.2 Å². The second-order valence-corrected chi connectivity index (χ2v) is 7.21. The first kappa shape index (κ1) is 21.4. The Kier molecular flexibility index (Phi) is 7.31. The predicted molar refractivity (Wildman–Crippen MR) is 105 cm³/mol. The molecule has 2 aromatic heterocycles. The summed E-state index contributed by atoms with van der Waals surface area (Å²) < 4.78 is 7.10. The number of aliphatic hydroxyl groups excluding tert-OH is 2. The minimum absolute atomic E-state index is 0.194. The Bertz CT molecular complexity index is 815. The molecular formula is C18H29N7O4. The molecule has 1 amide bonds. The lowest BCUT2D eigenvalue weighted by Gasteiger charge is -2.16. The smallest absolute Gasteiger partial charge is 0.252 e. The number of hydrogen-bond donors (Lipinski definition) is 5. The van der Waals surface area contributed by atoms with Gasteiger partial charge in [-0.25, -0.2) is 15.0 Å². The van der Waals surface area contributed by atoms with Crippen molar-refractivity contribution in [2.75, 3.05) is 18.8 Å². The average molecular weight is 407 g/mol. The third-order valence-electron chi connectivity index (χ3n) is 5.09. The minimum Gasteiger partial charge on any atom is -0.387 e. The molecule has 1 aliphatic rings. The van der Waals surface area contributed by atoms with Crippen molar-refractivity contribution in [1.82, 2.24) is 24.8 Å². The van der Waals surface area contributed by atoms with Gasteiger partial charge in [-0.1, -0.05) is 25.7 Å². The lowest BCUT2D eigenvalue weighted by Crippen LogP contribution is -2.43. The molecular weight excluding hydrogens is 378 g/mol. The van der Waals surface area contributed by atoms with Gasteiger partial charge in [0.05, 0.1) is 6.33 Å². The van der Waals surface area contributed by atoms with Crippen LogP contribution in [0.15, 0.2) is 12.7 Å². The lowest BCUT2D eigenvalue weighted by atomic mass is 10.1. The van der Waals surface area contributed by atoms with Crippen molar-refractivity contribution in [3.8, 4) is 0 Å². The lowest BCUT2D eigenvalue weighted by molar-refractivity contribution is -0.137. The molecule has 0 spiro atoms. The number of imidazole rings is 1. The van der Waals surface area contributed by atoms with Gasteiger partial charge >= 0.3 is 0 Å². The first-order valence-electron chi connectivity index (χ1n) is 9.97. The summed E-state index contributed by atoms with van der Waals surface area (Å²) in [5, 5.41) is 23.5. The molecule has 1 saturated heterocycles. The molecule has 0 radical (unpaired) electrons. The first-order chi connectivity index (χ1) is 14.0. The number of rotatable bonds is 10. The van der Waals surface area contributed by atoms with Crippen LogP contribution in [0.3, 0.4) is 0 Å². The van der Waals surface area contributed by atoms with Gasteiger partial charge in [-0.3, -0.25) is 9.36 Å². The summed E-state index contributed by atoms with van der Waals surface area (Å²) in [6, 6.07) is 0. The Balaban J connectivity index is 1.52. The van der Waals surface area contributed by atoms with Crippen molar-refractivity contribution in [3.63, 3.8) is 0 Å². The van der Waals surface area contributed by atoms with Crippen molar-refractivity contribution >= 4 is 22.9 Å². The SMILES string of the molecule is NCCCCCCCCNC(=O)[C@H]1OC(n2cnc3c(N)ncnc32)[C@H](O)[C@@H]1O. The van der Waals surface area contributed by atoms with Gasteiger partial charge in [-0.15, -0.1) is 0 Å². The molecule has 11 nitrogen and oxygen atoms in total. The topological polar surface area (TPSA) is 174 Å². The van der Waals surface area contributed by atoms with Crippen molar-refractivity contribution in [2.45, 2.75) is 63.1 Å². The van der Waals surface area contributed by atoms with E-state index in [1.54, 1.807) is 0 Å². The van der Waals surface area contributed by atoms with Crippen LogP contribution in [0, 0.1) is 0 Å². The second-order valence-electron chi connectivity index (χ2n) is 7.21. The van der Waals surface area contributed by atoms with Gasteiger partial charge in [-0.05, 0) is 19.4 Å². The highest BCUT2D eigenvalue weighted by Crippen LogP contribution is 2.32. The zero-order valence-corrected chi connectivity index (χ0v) is 16.3. The van der Waals surface area contributed by atoms with Gasteiger partial charge in [0, 0.05) is 6.54 Å². The molecule has 0 bridgehead atoms. The van der Waals surface area contributed by atoms with Crippen LogP contribution in [-0.4, -0.2) is 67.0 Å². The van der Waals surface area contributed by atoms with E-state index in [9.17, 15) is 15.0 Å². The first-order valence-corrected chi connectivity index (χ1v) is 9.97. The van der Waals surface area contributed by atoms with Gasteiger partial charge in [0.15, 0.2) is 23.8 Å². The van der Waals surface area contributed by atoms with E-state index in [1.807, 2.05) is 0 Å².